The third-order valence-corrected chi connectivity index (χ3v) is 3.03. The van der Waals surface area contributed by atoms with Crippen LogP contribution in [0.4, 0.5) is 5.82 Å². The van der Waals surface area contributed by atoms with Gasteiger partial charge in [0.15, 0.2) is 11.5 Å². The lowest BCUT2D eigenvalue weighted by Gasteiger charge is -2.22. The van der Waals surface area contributed by atoms with E-state index in [1.165, 1.54) is 0 Å². The van der Waals surface area contributed by atoms with Crippen LogP contribution in [0.2, 0.25) is 0 Å². The minimum Gasteiger partial charge on any atom is -0.486 e. The predicted molar refractivity (Wildman–Crippen MR) is 70.1 cm³/mol. The van der Waals surface area contributed by atoms with Crippen molar-refractivity contribution in [1.29, 1.82) is 0 Å². The van der Waals surface area contributed by atoms with Crippen molar-refractivity contribution in [3.05, 3.63) is 23.9 Å². The number of nitrogen functional groups attached to an aromatic ring is 1. The summed E-state index contributed by atoms with van der Waals surface area (Å²) in [7, 11) is 1.65. The molecule has 0 unspecified atom stereocenters. The van der Waals surface area contributed by atoms with Gasteiger partial charge in [-0.25, -0.2) is 0 Å². The lowest BCUT2D eigenvalue weighted by Crippen LogP contribution is -2.16. The Kier molecular flexibility index (Phi) is 3.00. The summed E-state index contributed by atoms with van der Waals surface area (Å²) in [6.07, 6.45) is 1.68. The molecule has 6 heteroatoms. The monoisotopic (exact) mass is 261 g/mol. The van der Waals surface area contributed by atoms with Crippen LogP contribution in [0.25, 0.3) is 11.1 Å². The summed E-state index contributed by atoms with van der Waals surface area (Å²) < 4.78 is 16.6. The van der Waals surface area contributed by atoms with Gasteiger partial charge in [0.1, 0.15) is 19.0 Å². The molecule has 1 aliphatic rings. The number of nitrogens with one attached hydrogen (secondary N) is 1. The van der Waals surface area contributed by atoms with E-state index in [2.05, 4.69) is 10.2 Å². The molecule has 0 radical (unpaired) electrons. The molecule has 100 valence electrons. The molecule has 0 saturated heterocycles. The summed E-state index contributed by atoms with van der Waals surface area (Å²) in [6, 6.07) is 3.85. The van der Waals surface area contributed by atoms with E-state index in [0.717, 1.165) is 22.4 Å². The number of aromatic nitrogens is 2. The van der Waals surface area contributed by atoms with Gasteiger partial charge >= 0.3 is 0 Å². The Labute approximate surface area is 110 Å². The zero-order valence-corrected chi connectivity index (χ0v) is 10.6. The molecule has 0 saturated carbocycles. The van der Waals surface area contributed by atoms with Gasteiger partial charge < -0.3 is 19.9 Å². The van der Waals surface area contributed by atoms with Crippen molar-refractivity contribution in [2.45, 2.75) is 6.61 Å². The fourth-order valence-electron chi connectivity index (χ4n) is 2.22. The van der Waals surface area contributed by atoms with E-state index >= 15 is 0 Å². The molecule has 2 aromatic rings. The number of ether oxygens (including phenoxy) is 3. The second kappa shape index (κ2) is 4.81. The molecule has 0 fully saturated rings. The van der Waals surface area contributed by atoms with Gasteiger partial charge in [-0.05, 0) is 11.6 Å². The van der Waals surface area contributed by atoms with E-state index < -0.39 is 0 Å². The van der Waals surface area contributed by atoms with E-state index in [4.69, 9.17) is 19.9 Å². The van der Waals surface area contributed by atoms with Crippen LogP contribution < -0.4 is 15.2 Å². The molecule has 3 rings (SSSR count). The van der Waals surface area contributed by atoms with Crippen LogP contribution in [0, 0.1) is 0 Å². The molecule has 0 aliphatic carbocycles. The number of rotatable bonds is 3. The standard InChI is InChI=1S/C13H15N3O3/c1-17-7-8-2-3-10-12(19-5-4-18-10)11(8)9-6-15-16-13(9)14/h2-3,6H,4-5,7H2,1H3,(H3,14,15,16). The first-order chi connectivity index (χ1) is 9.31. The summed E-state index contributed by atoms with van der Waals surface area (Å²) in [4.78, 5) is 0. The van der Waals surface area contributed by atoms with Crippen LogP contribution in [0.5, 0.6) is 11.5 Å². The van der Waals surface area contributed by atoms with Crippen LogP contribution in [-0.4, -0.2) is 30.5 Å². The molecule has 0 amide bonds. The lowest BCUT2D eigenvalue weighted by molar-refractivity contribution is 0.168. The van der Waals surface area contributed by atoms with Crippen molar-refractivity contribution >= 4 is 5.82 Å². The summed E-state index contributed by atoms with van der Waals surface area (Å²) in [6.45, 7) is 1.54. The number of anilines is 1. The number of aromatic amines is 1. The number of benzene rings is 1. The number of hydrogen-bond acceptors (Lipinski definition) is 5. The highest BCUT2D eigenvalue weighted by Crippen LogP contribution is 2.43. The average molecular weight is 261 g/mol. The Bertz CT molecular complexity index is 595. The molecular formula is C13H15N3O3. The first-order valence-corrected chi connectivity index (χ1v) is 6.01. The van der Waals surface area contributed by atoms with Crippen molar-refractivity contribution in [2.75, 3.05) is 26.1 Å². The van der Waals surface area contributed by atoms with Crippen LogP contribution in [0.15, 0.2) is 18.3 Å². The van der Waals surface area contributed by atoms with E-state index in [0.29, 0.717) is 31.4 Å². The van der Waals surface area contributed by atoms with Crippen molar-refractivity contribution in [2.24, 2.45) is 0 Å². The summed E-state index contributed by atoms with van der Waals surface area (Å²) in [5.41, 5.74) is 8.58. The average Bonchev–Trinajstić information content (AvgIpc) is 2.85. The Morgan fingerprint density at radius 1 is 1.37 bits per heavy atom. The molecule has 19 heavy (non-hydrogen) atoms. The minimum absolute atomic E-state index is 0.469. The van der Waals surface area contributed by atoms with Crippen molar-refractivity contribution in [1.82, 2.24) is 10.2 Å². The number of nitrogens with zero attached hydrogens (tertiary/aromatic N) is 1. The highest BCUT2D eigenvalue weighted by atomic mass is 16.6. The number of hydrogen-bond donors (Lipinski definition) is 2. The van der Waals surface area contributed by atoms with Crippen molar-refractivity contribution < 1.29 is 14.2 Å². The smallest absolute Gasteiger partial charge is 0.169 e. The molecular weight excluding hydrogens is 246 g/mol. The van der Waals surface area contributed by atoms with Gasteiger partial charge in [0.25, 0.3) is 0 Å². The molecule has 3 N–H and O–H groups in total. The SMILES string of the molecule is COCc1ccc2c(c1-c1cn[nH]c1N)OCCO2. The summed E-state index contributed by atoms with van der Waals surface area (Å²) >= 11 is 0. The van der Waals surface area contributed by atoms with E-state index in [9.17, 15) is 0 Å². The molecule has 1 aromatic carbocycles. The van der Waals surface area contributed by atoms with E-state index in [1.807, 2.05) is 12.1 Å². The maximum absolute atomic E-state index is 5.92. The Morgan fingerprint density at radius 3 is 2.95 bits per heavy atom. The normalized spacial score (nSPS) is 13.5. The fraction of sp³-hybridized carbons (Fsp3) is 0.308. The van der Waals surface area contributed by atoms with Crippen molar-refractivity contribution in [3.63, 3.8) is 0 Å². The molecule has 0 bridgehead atoms. The van der Waals surface area contributed by atoms with Gasteiger partial charge in [0.05, 0.1) is 12.8 Å². The molecule has 1 aliphatic heterocycles. The van der Waals surface area contributed by atoms with Gasteiger partial charge in [-0.3, -0.25) is 5.10 Å². The Hall–Kier alpha value is -2.21. The Balaban J connectivity index is 2.21. The molecule has 1 aromatic heterocycles. The fourth-order valence-corrected chi connectivity index (χ4v) is 2.22. The number of nitrogens with two attached hydrogens (primary N) is 1. The summed E-state index contributed by atoms with van der Waals surface area (Å²) in [5.74, 6) is 1.93. The number of H-pyrrole nitrogens is 1. The third kappa shape index (κ3) is 2.00. The predicted octanol–water partition coefficient (Wildman–Crippen LogP) is 1.58. The second-order valence-corrected chi connectivity index (χ2v) is 4.25. The summed E-state index contributed by atoms with van der Waals surface area (Å²) in [5, 5.41) is 6.69. The zero-order chi connectivity index (χ0) is 13.2. The van der Waals surface area contributed by atoms with Crippen LogP contribution >= 0.6 is 0 Å². The molecule has 0 atom stereocenters. The molecule has 2 heterocycles. The maximum atomic E-state index is 5.92. The molecule has 6 nitrogen and oxygen atoms in total. The van der Waals surface area contributed by atoms with Crippen LogP contribution in [0.1, 0.15) is 5.56 Å². The van der Waals surface area contributed by atoms with E-state index in [1.54, 1.807) is 13.3 Å². The maximum Gasteiger partial charge on any atom is 0.169 e. The Morgan fingerprint density at radius 2 is 2.21 bits per heavy atom. The molecule has 0 spiro atoms. The topological polar surface area (TPSA) is 82.4 Å². The van der Waals surface area contributed by atoms with Gasteiger partial charge in [0.2, 0.25) is 0 Å². The third-order valence-electron chi connectivity index (χ3n) is 3.03. The number of fused-ring (bicyclic) bond motifs is 1. The largest absolute Gasteiger partial charge is 0.486 e. The highest BCUT2D eigenvalue weighted by Gasteiger charge is 2.22. The quantitative estimate of drug-likeness (QED) is 0.876. The zero-order valence-electron chi connectivity index (χ0n) is 10.6. The van der Waals surface area contributed by atoms with Gasteiger partial charge in [0, 0.05) is 18.2 Å². The van der Waals surface area contributed by atoms with Gasteiger partial charge in [-0.2, -0.15) is 5.10 Å². The second-order valence-electron chi connectivity index (χ2n) is 4.25. The van der Waals surface area contributed by atoms with Crippen LogP contribution in [-0.2, 0) is 11.3 Å². The lowest BCUT2D eigenvalue weighted by atomic mass is 10.00. The van der Waals surface area contributed by atoms with Crippen LogP contribution in [0.3, 0.4) is 0 Å². The van der Waals surface area contributed by atoms with Gasteiger partial charge in [-0.1, -0.05) is 6.07 Å². The van der Waals surface area contributed by atoms with Gasteiger partial charge in [-0.15, -0.1) is 0 Å². The highest BCUT2D eigenvalue weighted by molar-refractivity contribution is 5.83. The van der Waals surface area contributed by atoms with E-state index in [-0.39, 0.29) is 0 Å². The first kappa shape index (κ1) is 11.9. The van der Waals surface area contributed by atoms with Crippen molar-refractivity contribution in [3.8, 4) is 22.6 Å². The first-order valence-electron chi connectivity index (χ1n) is 6.01. The number of methoxy groups -OCH3 is 1. The minimum atomic E-state index is 0.469.